The van der Waals surface area contributed by atoms with Crippen LogP contribution in [0.15, 0.2) is 55.6 Å². The zero-order valence-corrected chi connectivity index (χ0v) is 23.9. The number of fused-ring (bicyclic) bond motifs is 1. The first-order chi connectivity index (χ1) is 19.7. The third kappa shape index (κ3) is 5.81. The minimum Gasteiger partial charge on any atom is -0.463 e. The predicted octanol–water partition coefficient (Wildman–Crippen LogP) is 2.14. The smallest absolute Gasteiger partial charge is 0.306 e. The van der Waals surface area contributed by atoms with Crippen molar-refractivity contribution in [3.63, 3.8) is 0 Å². The Balaban J connectivity index is 1.61. The summed E-state index contributed by atoms with van der Waals surface area (Å²) >= 11 is 0. The summed E-state index contributed by atoms with van der Waals surface area (Å²) < 4.78 is 11.9. The van der Waals surface area contributed by atoms with Gasteiger partial charge in [0.2, 0.25) is 17.7 Å². The number of esters is 1. The molecular weight excluding hydrogens is 526 g/mol. The van der Waals surface area contributed by atoms with E-state index in [1.165, 1.54) is 4.90 Å². The second-order valence-corrected chi connectivity index (χ2v) is 11.2. The average molecular weight is 568 g/mol. The minimum atomic E-state index is -1.16. The van der Waals surface area contributed by atoms with Crippen molar-refractivity contribution in [1.82, 2.24) is 15.1 Å². The number of aliphatic hydroxyl groups excluding tert-OH is 1. The molecule has 0 saturated carbocycles. The lowest BCUT2D eigenvalue weighted by molar-refractivity contribution is -0.149. The van der Waals surface area contributed by atoms with E-state index in [2.05, 4.69) is 18.5 Å². The molecule has 3 amide bonds. The van der Waals surface area contributed by atoms with Crippen LogP contribution >= 0.6 is 0 Å². The van der Waals surface area contributed by atoms with E-state index in [4.69, 9.17) is 9.47 Å². The van der Waals surface area contributed by atoms with Crippen molar-refractivity contribution < 1.29 is 33.8 Å². The molecule has 1 aromatic rings. The van der Waals surface area contributed by atoms with Crippen LogP contribution in [-0.2, 0) is 28.7 Å². The number of allylic oxidation sites excluding steroid dienone is 1. The SMILES string of the molecule is C=CCCC(=O)OC[C@H](NC(=O)[C@@H]1[C@H]2C(=O)N(CCO)[C@H](C(=O)N(CC=C)C(C)C)[C@]23CC[C@H]1O3)c1ccccc1. The Kier molecular flexibility index (Phi) is 9.65. The van der Waals surface area contributed by atoms with Crippen LogP contribution < -0.4 is 5.32 Å². The molecule has 3 aliphatic rings. The van der Waals surface area contributed by atoms with Gasteiger partial charge in [0.25, 0.3) is 0 Å². The Morgan fingerprint density at radius 3 is 2.61 bits per heavy atom. The lowest BCUT2D eigenvalue weighted by atomic mass is 9.70. The molecule has 0 aromatic heterocycles. The van der Waals surface area contributed by atoms with E-state index < -0.39 is 47.5 Å². The number of rotatable bonds is 14. The van der Waals surface area contributed by atoms with Crippen molar-refractivity contribution in [2.45, 2.75) is 69.4 Å². The third-order valence-corrected chi connectivity index (χ3v) is 8.39. The highest BCUT2D eigenvalue weighted by Gasteiger charge is 2.74. The molecule has 4 rings (SSSR count). The van der Waals surface area contributed by atoms with Crippen LogP contribution in [0.2, 0.25) is 0 Å². The van der Waals surface area contributed by atoms with E-state index in [-0.39, 0.29) is 44.0 Å². The number of ether oxygens (including phenoxy) is 2. The molecule has 2 N–H and O–H groups in total. The van der Waals surface area contributed by atoms with Crippen LogP contribution in [0.5, 0.6) is 0 Å². The quantitative estimate of drug-likeness (QED) is 0.261. The Hall–Kier alpha value is -3.50. The standard InChI is InChI=1S/C31H41N3O7/c1-5-7-13-24(36)40-19-22(21-11-9-8-10-12-21)32-28(37)25-23-14-15-31(41-23)26(25)29(38)34(17-18-35)27(31)30(39)33(16-6-2)20(3)4/h5-6,8-12,20,22-23,25-27,35H,1-2,7,13-19H2,3-4H3,(H,32,37)/t22-,23+,25-,26-,27+,31-/m0/s1. The minimum absolute atomic E-state index is 0.0385. The summed E-state index contributed by atoms with van der Waals surface area (Å²) in [6.45, 7) is 11.0. The molecule has 0 unspecified atom stereocenters. The molecule has 6 atom stereocenters. The molecule has 3 fully saturated rings. The lowest BCUT2D eigenvalue weighted by Gasteiger charge is -2.38. The number of benzene rings is 1. The fourth-order valence-electron chi connectivity index (χ4n) is 6.58. The molecule has 10 heteroatoms. The summed E-state index contributed by atoms with van der Waals surface area (Å²) in [5.74, 6) is -3.14. The zero-order chi connectivity index (χ0) is 29.7. The van der Waals surface area contributed by atoms with Gasteiger partial charge in [-0.3, -0.25) is 19.2 Å². The van der Waals surface area contributed by atoms with Crippen LogP contribution in [0.3, 0.4) is 0 Å². The molecule has 10 nitrogen and oxygen atoms in total. The molecule has 1 aromatic carbocycles. The molecule has 3 aliphatic heterocycles. The molecular formula is C31H41N3O7. The molecule has 1 spiro atoms. The maximum Gasteiger partial charge on any atom is 0.306 e. The van der Waals surface area contributed by atoms with Gasteiger partial charge < -0.3 is 29.7 Å². The fraction of sp³-hybridized carbons (Fsp3) is 0.548. The van der Waals surface area contributed by atoms with Crippen LogP contribution in [0, 0.1) is 11.8 Å². The molecule has 0 radical (unpaired) electrons. The zero-order valence-electron chi connectivity index (χ0n) is 23.9. The fourth-order valence-corrected chi connectivity index (χ4v) is 6.58. The van der Waals surface area contributed by atoms with Crippen LogP contribution in [-0.4, -0.2) is 88.7 Å². The first-order valence-corrected chi connectivity index (χ1v) is 14.3. The van der Waals surface area contributed by atoms with Gasteiger partial charge in [-0.05, 0) is 38.7 Å². The van der Waals surface area contributed by atoms with E-state index in [9.17, 15) is 24.3 Å². The largest absolute Gasteiger partial charge is 0.463 e. The van der Waals surface area contributed by atoms with Crippen molar-refractivity contribution in [2.75, 3.05) is 26.3 Å². The number of aliphatic hydroxyl groups is 1. The van der Waals surface area contributed by atoms with E-state index in [1.807, 2.05) is 44.2 Å². The maximum atomic E-state index is 14.0. The van der Waals surface area contributed by atoms with Crippen LogP contribution in [0.1, 0.15) is 51.1 Å². The Labute approximate surface area is 241 Å². The van der Waals surface area contributed by atoms with Crippen molar-refractivity contribution in [3.05, 3.63) is 61.2 Å². The summed E-state index contributed by atoms with van der Waals surface area (Å²) in [5, 5.41) is 12.8. The molecule has 3 saturated heterocycles. The monoisotopic (exact) mass is 567 g/mol. The molecule has 3 heterocycles. The second-order valence-electron chi connectivity index (χ2n) is 11.2. The number of carbonyl (C=O) groups excluding carboxylic acids is 4. The summed E-state index contributed by atoms with van der Waals surface area (Å²) in [4.78, 5) is 57.0. The van der Waals surface area contributed by atoms with Crippen molar-refractivity contribution in [1.29, 1.82) is 0 Å². The summed E-state index contributed by atoms with van der Waals surface area (Å²) in [7, 11) is 0. The van der Waals surface area contributed by atoms with Gasteiger partial charge in [-0.25, -0.2) is 0 Å². The van der Waals surface area contributed by atoms with Gasteiger partial charge in [0, 0.05) is 25.6 Å². The Bertz CT molecular complexity index is 1160. The van der Waals surface area contributed by atoms with Gasteiger partial charge in [0.05, 0.1) is 30.6 Å². The molecule has 41 heavy (non-hydrogen) atoms. The van der Waals surface area contributed by atoms with Gasteiger partial charge in [0.1, 0.15) is 18.2 Å². The number of β-amino-alcohol motifs (C(OH)–C–C–N with tert-alkyl or cyclic N) is 1. The van der Waals surface area contributed by atoms with Gasteiger partial charge in [-0.2, -0.15) is 0 Å². The molecule has 0 aliphatic carbocycles. The van der Waals surface area contributed by atoms with Gasteiger partial charge in [-0.15, -0.1) is 13.2 Å². The number of carbonyl (C=O) groups is 4. The molecule has 222 valence electrons. The molecule has 2 bridgehead atoms. The highest BCUT2D eigenvalue weighted by atomic mass is 16.5. The highest BCUT2D eigenvalue weighted by molar-refractivity contribution is 5.99. The third-order valence-electron chi connectivity index (χ3n) is 8.39. The number of nitrogens with zero attached hydrogens (tertiary/aromatic N) is 2. The average Bonchev–Trinajstić information content (AvgIpc) is 3.60. The first kappa shape index (κ1) is 30.5. The van der Waals surface area contributed by atoms with E-state index >= 15 is 0 Å². The van der Waals surface area contributed by atoms with Crippen LogP contribution in [0.4, 0.5) is 0 Å². The van der Waals surface area contributed by atoms with E-state index in [1.54, 1.807) is 17.1 Å². The topological polar surface area (TPSA) is 125 Å². The summed E-state index contributed by atoms with van der Waals surface area (Å²) in [6, 6.07) is 7.43. The Morgan fingerprint density at radius 2 is 1.98 bits per heavy atom. The second kappa shape index (κ2) is 13.0. The lowest BCUT2D eigenvalue weighted by Crippen LogP contribution is -2.57. The number of amides is 3. The van der Waals surface area contributed by atoms with E-state index in [0.717, 1.165) is 5.56 Å². The highest BCUT2D eigenvalue weighted by Crippen LogP contribution is 2.58. The Morgan fingerprint density at radius 1 is 1.24 bits per heavy atom. The maximum absolute atomic E-state index is 14.0. The number of nitrogens with one attached hydrogen (secondary N) is 1. The number of likely N-dealkylation sites (tertiary alicyclic amines) is 1. The van der Waals surface area contributed by atoms with Crippen molar-refractivity contribution in [3.8, 4) is 0 Å². The van der Waals surface area contributed by atoms with Crippen LogP contribution in [0.25, 0.3) is 0 Å². The van der Waals surface area contributed by atoms with Gasteiger partial charge in [0.15, 0.2) is 0 Å². The normalized spacial score (nSPS) is 26.9. The van der Waals surface area contributed by atoms with Gasteiger partial charge in [-0.1, -0.05) is 42.5 Å². The van der Waals surface area contributed by atoms with E-state index in [0.29, 0.717) is 25.8 Å². The van der Waals surface area contributed by atoms with Gasteiger partial charge >= 0.3 is 5.97 Å². The first-order valence-electron chi connectivity index (χ1n) is 14.3. The predicted molar refractivity (Wildman–Crippen MR) is 151 cm³/mol. The summed E-state index contributed by atoms with van der Waals surface area (Å²) in [6.07, 6.45) is 4.39. The van der Waals surface area contributed by atoms with Crippen molar-refractivity contribution >= 4 is 23.7 Å². The number of hydrogen-bond acceptors (Lipinski definition) is 7. The summed E-state index contributed by atoms with van der Waals surface area (Å²) in [5.41, 5.74) is -0.412. The van der Waals surface area contributed by atoms with Crippen molar-refractivity contribution in [2.24, 2.45) is 11.8 Å². The number of hydrogen-bond donors (Lipinski definition) is 2.